The molecule has 1 fully saturated rings. The Morgan fingerprint density at radius 2 is 1.68 bits per heavy atom. The Hall–Kier alpha value is -1.69. The van der Waals surface area contributed by atoms with Crippen LogP contribution in [0, 0.1) is 6.42 Å². The molecule has 0 aromatic heterocycles. The molecule has 6 heteroatoms. The van der Waals surface area contributed by atoms with E-state index in [1.165, 1.54) is 5.56 Å². The minimum atomic E-state index is -3.43. The van der Waals surface area contributed by atoms with Gasteiger partial charge in [0.1, 0.15) is 12.8 Å². The number of piperazine rings is 1. The first-order chi connectivity index (χ1) is 12.0. The Morgan fingerprint density at radius 3 is 2.44 bits per heavy atom. The molecule has 0 atom stereocenters. The largest absolute Gasteiger partial charge is 0.369 e. The predicted octanol–water partition coefficient (Wildman–Crippen LogP) is 3.15. The highest BCUT2D eigenvalue weighted by molar-refractivity contribution is 7.89. The van der Waals surface area contributed by atoms with Crippen molar-refractivity contribution in [2.45, 2.75) is 17.7 Å². The van der Waals surface area contributed by atoms with E-state index in [0.717, 1.165) is 24.1 Å². The predicted molar refractivity (Wildman–Crippen MR) is 101 cm³/mol. The molecule has 4 nitrogen and oxygen atoms in total. The smallest absolute Gasteiger partial charge is 0.243 e. The van der Waals surface area contributed by atoms with Crippen LogP contribution in [0.1, 0.15) is 11.1 Å². The zero-order valence-electron chi connectivity index (χ0n) is 13.9. The average molecular weight is 376 g/mol. The molecular formula is C19H20ClN2O2S+. The van der Waals surface area contributed by atoms with Crippen LogP contribution in [0.5, 0.6) is 0 Å². The van der Waals surface area contributed by atoms with E-state index >= 15 is 0 Å². The maximum atomic E-state index is 13.0. The van der Waals surface area contributed by atoms with E-state index in [4.69, 9.17) is 11.6 Å². The van der Waals surface area contributed by atoms with Crippen LogP contribution in [0.4, 0.5) is 5.69 Å². The molecule has 2 aromatic rings. The zero-order chi connectivity index (χ0) is 17.4. The van der Waals surface area contributed by atoms with Gasteiger partial charge in [-0.3, -0.25) is 0 Å². The van der Waals surface area contributed by atoms with Crippen LogP contribution in [0.2, 0.25) is 5.02 Å². The summed E-state index contributed by atoms with van der Waals surface area (Å²) in [5.74, 6) is 0. The first kappa shape index (κ1) is 16.8. The van der Waals surface area contributed by atoms with E-state index in [-0.39, 0.29) is 0 Å². The monoisotopic (exact) mass is 375 g/mol. The van der Waals surface area contributed by atoms with E-state index in [1.807, 2.05) is 36.4 Å². The number of nitrogens with zero attached hydrogens (tertiary/aromatic N) is 2. The van der Waals surface area contributed by atoms with Crippen molar-refractivity contribution in [2.75, 3.05) is 31.1 Å². The average Bonchev–Trinajstić information content (AvgIpc) is 3.09. The first-order valence-electron chi connectivity index (χ1n) is 8.48. The minimum Gasteiger partial charge on any atom is -0.369 e. The topological polar surface area (TPSA) is 40.6 Å². The van der Waals surface area contributed by atoms with Crippen LogP contribution in [-0.4, -0.2) is 38.9 Å². The molecule has 2 aliphatic rings. The molecule has 0 saturated carbocycles. The molecule has 1 saturated heterocycles. The fourth-order valence-electron chi connectivity index (χ4n) is 3.54. The third-order valence-electron chi connectivity index (χ3n) is 4.96. The van der Waals surface area contributed by atoms with Gasteiger partial charge in [0.05, 0.1) is 11.3 Å². The van der Waals surface area contributed by atoms with Gasteiger partial charge >= 0.3 is 0 Å². The van der Waals surface area contributed by atoms with E-state index in [1.54, 1.807) is 10.4 Å². The van der Waals surface area contributed by atoms with Crippen LogP contribution < -0.4 is 4.90 Å². The first-order valence-corrected chi connectivity index (χ1v) is 10.3. The second-order valence-corrected chi connectivity index (χ2v) is 8.87. The number of rotatable bonds is 3. The van der Waals surface area contributed by atoms with Gasteiger partial charge < -0.3 is 4.90 Å². The summed E-state index contributed by atoms with van der Waals surface area (Å²) < 4.78 is 27.5. The van der Waals surface area contributed by atoms with Crippen molar-refractivity contribution in [3.05, 3.63) is 65.0 Å². The maximum absolute atomic E-state index is 13.0. The van der Waals surface area contributed by atoms with Crippen LogP contribution in [-0.2, 0) is 22.9 Å². The molecule has 130 valence electrons. The molecule has 0 N–H and O–H groups in total. The van der Waals surface area contributed by atoms with Crippen molar-refractivity contribution in [3.8, 4) is 0 Å². The summed E-state index contributed by atoms with van der Waals surface area (Å²) in [7, 11) is -3.43. The fraction of sp³-hybridized carbons (Fsp3) is 0.316. The van der Waals surface area contributed by atoms with Crippen molar-refractivity contribution in [2.24, 2.45) is 0 Å². The van der Waals surface area contributed by atoms with Gasteiger partial charge in [0, 0.05) is 48.0 Å². The Bertz CT molecular complexity index is 890. The number of anilines is 1. The van der Waals surface area contributed by atoms with Crippen LogP contribution >= 0.6 is 11.6 Å². The molecule has 0 unspecified atom stereocenters. The molecule has 1 aliphatic carbocycles. The van der Waals surface area contributed by atoms with E-state index in [2.05, 4.69) is 11.3 Å². The van der Waals surface area contributed by atoms with E-state index in [0.29, 0.717) is 36.1 Å². The van der Waals surface area contributed by atoms with Crippen LogP contribution in [0.15, 0.2) is 47.4 Å². The second-order valence-electron chi connectivity index (χ2n) is 6.50. The highest BCUT2D eigenvalue weighted by atomic mass is 35.5. The minimum absolute atomic E-state index is 0.415. The molecule has 1 aliphatic heterocycles. The summed E-state index contributed by atoms with van der Waals surface area (Å²) in [4.78, 5) is 2.59. The second kappa shape index (κ2) is 6.56. The summed E-state index contributed by atoms with van der Waals surface area (Å²) in [6.45, 7) is 2.30. The number of halogens is 1. The van der Waals surface area contributed by atoms with E-state index < -0.39 is 10.0 Å². The summed E-state index contributed by atoms with van der Waals surface area (Å²) in [6, 6.07) is 13.2. The molecule has 1 heterocycles. The number of sulfonamides is 1. The van der Waals surface area contributed by atoms with Gasteiger partial charge in [0.2, 0.25) is 10.0 Å². The molecular weight excluding hydrogens is 356 g/mol. The van der Waals surface area contributed by atoms with Gasteiger partial charge in [0.15, 0.2) is 0 Å². The molecule has 4 rings (SSSR count). The Balaban J connectivity index is 1.50. The van der Waals surface area contributed by atoms with Crippen molar-refractivity contribution in [3.63, 3.8) is 0 Å². The SMILES string of the molecule is O=S(=O)(c1ccc2c(c1)C[CH+]C2)N1CCN(c2cccc(Cl)c2)CC1. The number of fused-ring (bicyclic) bond motifs is 1. The lowest BCUT2D eigenvalue weighted by atomic mass is 10.1. The molecule has 2 aromatic carbocycles. The number of hydrogen-bond donors (Lipinski definition) is 0. The zero-order valence-corrected chi connectivity index (χ0v) is 15.4. The molecule has 0 spiro atoms. The van der Waals surface area contributed by atoms with Gasteiger partial charge in [-0.1, -0.05) is 23.7 Å². The Morgan fingerprint density at radius 1 is 0.920 bits per heavy atom. The lowest BCUT2D eigenvalue weighted by Crippen LogP contribution is -2.48. The fourth-order valence-corrected chi connectivity index (χ4v) is 5.20. The van der Waals surface area contributed by atoms with E-state index in [9.17, 15) is 8.42 Å². The van der Waals surface area contributed by atoms with Crippen molar-refractivity contribution >= 4 is 27.3 Å². The van der Waals surface area contributed by atoms with Crippen LogP contribution in [0.3, 0.4) is 0 Å². The Labute approximate surface area is 154 Å². The normalized spacial score (nSPS) is 18.0. The highest BCUT2D eigenvalue weighted by Gasteiger charge is 2.30. The van der Waals surface area contributed by atoms with Crippen molar-refractivity contribution in [1.29, 1.82) is 0 Å². The van der Waals surface area contributed by atoms with Gasteiger partial charge in [-0.2, -0.15) is 4.31 Å². The number of benzene rings is 2. The van der Waals surface area contributed by atoms with Crippen molar-refractivity contribution < 1.29 is 8.42 Å². The van der Waals surface area contributed by atoms with Gasteiger partial charge in [-0.15, -0.1) is 0 Å². The quantitative estimate of drug-likeness (QED) is 0.774. The maximum Gasteiger partial charge on any atom is 0.243 e. The van der Waals surface area contributed by atoms with Crippen LogP contribution in [0.25, 0.3) is 0 Å². The van der Waals surface area contributed by atoms with Gasteiger partial charge in [-0.05, 0) is 30.3 Å². The highest BCUT2D eigenvalue weighted by Crippen LogP contribution is 2.27. The Kier molecular flexibility index (Phi) is 4.40. The summed E-state index contributed by atoms with van der Waals surface area (Å²) in [6.07, 6.45) is 3.99. The summed E-state index contributed by atoms with van der Waals surface area (Å²) >= 11 is 6.06. The van der Waals surface area contributed by atoms with Crippen molar-refractivity contribution in [1.82, 2.24) is 4.31 Å². The molecule has 0 radical (unpaired) electrons. The van der Waals surface area contributed by atoms with Gasteiger partial charge in [0.25, 0.3) is 0 Å². The lowest BCUT2D eigenvalue weighted by molar-refractivity contribution is 0.385. The molecule has 0 amide bonds. The number of hydrogen-bond acceptors (Lipinski definition) is 3. The lowest BCUT2D eigenvalue weighted by Gasteiger charge is -2.35. The van der Waals surface area contributed by atoms with Gasteiger partial charge in [-0.25, -0.2) is 8.42 Å². The summed E-state index contributed by atoms with van der Waals surface area (Å²) in [5.41, 5.74) is 3.42. The molecule has 0 bridgehead atoms. The summed E-state index contributed by atoms with van der Waals surface area (Å²) in [5, 5.41) is 0.697. The standard InChI is InChI=1S/C19H20ClN2O2S/c20-17-5-2-6-18(14-17)21-9-11-22(12-10-21)25(23,24)19-8-7-15-3-1-4-16(15)13-19/h1-2,5-8,13-14H,3-4,9-12H2/q+1. The molecule has 25 heavy (non-hydrogen) atoms. The third-order valence-corrected chi connectivity index (χ3v) is 7.09. The third kappa shape index (κ3) is 3.24.